The minimum absolute atomic E-state index is 0.0678. The zero-order chi connectivity index (χ0) is 12.3. The summed E-state index contributed by atoms with van der Waals surface area (Å²) in [5.74, 6) is 0.805. The Kier molecular flexibility index (Phi) is 4.19. The SMILES string of the molecule is CCC(C)NC(CO)c1ccc(C2CC2)cc1. The molecule has 2 atom stereocenters. The van der Waals surface area contributed by atoms with Gasteiger partial charge in [0.05, 0.1) is 12.6 Å². The van der Waals surface area contributed by atoms with Crippen molar-refractivity contribution in [2.75, 3.05) is 6.61 Å². The maximum Gasteiger partial charge on any atom is 0.0626 e. The van der Waals surface area contributed by atoms with Crippen molar-refractivity contribution in [3.8, 4) is 0 Å². The molecular formula is C15H23NO. The van der Waals surface area contributed by atoms with Crippen molar-refractivity contribution < 1.29 is 5.11 Å². The summed E-state index contributed by atoms with van der Waals surface area (Å²) in [6.07, 6.45) is 3.76. The molecule has 2 N–H and O–H groups in total. The lowest BCUT2D eigenvalue weighted by molar-refractivity contribution is 0.234. The molecule has 17 heavy (non-hydrogen) atoms. The van der Waals surface area contributed by atoms with Crippen LogP contribution in [0.3, 0.4) is 0 Å². The van der Waals surface area contributed by atoms with Crippen LogP contribution in [0.5, 0.6) is 0 Å². The van der Waals surface area contributed by atoms with E-state index in [0.717, 1.165) is 12.3 Å². The van der Waals surface area contributed by atoms with E-state index in [1.807, 2.05) is 0 Å². The fourth-order valence-electron chi connectivity index (χ4n) is 2.13. The van der Waals surface area contributed by atoms with Crippen LogP contribution in [-0.4, -0.2) is 17.8 Å². The van der Waals surface area contributed by atoms with E-state index in [1.54, 1.807) is 0 Å². The van der Waals surface area contributed by atoms with Crippen molar-refractivity contribution in [2.45, 2.75) is 51.1 Å². The average molecular weight is 233 g/mol. The molecular weight excluding hydrogens is 210 g/mol. The van der Waals surface area contributed by atoms with E-state index in [4.69, 9.17) is 0 Å². The zero-order valence-corrected chi connectivity index (χ0v) is 10.8. The van der Waals surface area contributed by atoms with Crippen LogP contribution in [0.15, 0.2) is 24.3 Å². The van der Waals surface area contributed by atoms with E-state index in [2.05, 4.69) is 43.4 Å². The Morgan fingerprint density at radius 3 is 2.41 bits per heavy atom. The molecule has 0 aromatic heterocycles. The van der Waals surface area contributed by atoms with E-state index < -0.39 is 0 Å². The maximum atomic E-state index is 9.45. The molecule has 1 fully saturated rings. The lowest BCUT2D eigenvalue weighted by Crippen LogP contribution is -2.32. The smallest absolute Gasteiger partial charge is 0.0626 e. The molecule has 0 aliphatic heterocycles. The van der Waals surface area contributed by atoms with Gasteiger partial charge in [0.1, 0.15) is 0 Å². The molecule has 0 spiro atoms. The van der Waals surface area contributed by atoms with Gasteiger partial charge in [-0.2, -0.15) is 0 Å². The molecule has 2 heteroatoms. The van der Waals surface area contributed by atoms with Gasteiger partial charge >= 0.3 is 0 Å². The summed E-state index contributed by atoms with van der Waals surface area (Å²) in [5, 5.41) is 12.9. The molecule has 1 aliphatic carbocycles. The lowest BCUT2D eigenvalue weighted by atomic mass is 10.0. The molecule has 2 unspecified atom stereocenters. The predicted molar refractivity (Wildman–Crippen MR) is 71.1 cm³/mol. The standard InChI is InChI=1S/C15H23NO/c1-3-11(2)16-15(10-17)14-8-6-13(7-9-14)12-4-5-12/h6-9,11-12,15-17H,3-5,10H2,1-2H3. The van der Waals surface area contributed by atoms with Crippen molar-refractivity contribution in [3.05, 3.63) is 35.4 Å². The van der Waals surface area contributed by atoms with E-state index >= 15 is 0 Å². The first kappa shape index (κ1) is 12.6. The Morgan fingerprint density at radius 2 is 1.94 bits per heavy atom. The van der Waals surface area contributed by atoms with Crippen molar-refractivity contribution in [3.63, 3.8) is 0 Å². The second-order valence-electron chi connectivity index (χ2n) is 5.15. The number of aliphatic hydroxyl groups excluding tert-OH is 1. The molecule has 0 bridgehead atoms. The van der Waals surface area contributed by atoms with E-state index in [0.29, 0.717) is 6.04 Å². The van der Waals surface area contributed by atoms with Crippen molar-refractivity contribution >= 4 is 0 Å². The van der Waals surface area contributed by atoms with E-state index in [-0.39, 0.29) is 12.6 Å². The fraction of sp³-hybridized carbons (Fsp3) is 0.600. The van der Waals surface area contributed by atoms with Gasteiger partial charge in [-0.25, -0.2) is 0 Å². The van der Waals surface area contributed by atoms with Crippen LogP contribution in [-0.2, 0) is 0 Å². The van der Waals surface area contributed by atoms with Gasteiger partial charge in [0.25, 0.3) is 0 Å². The third-order valence-electron chi connectivity index (χ3n) is 3.67. The number of rotatable bonds is 6. The third kappa shape index (κ3) is 3.30. The Hall–Kier alpha value is -0.860. The monoisotopic (exact) mass is 233 g/mol. The molecule has 2 rings (SSSR count). The van der Waals surface area contributed by atoms with E-state index in [9.17, 15) is 5.11 Å². The van der Waals surface area contributed by atoms with Gasteiger partial charge in [0.2, 0.25) is 0 Å². The van der Waals surface area contributed by atoms with Crippen LogP contribution in [0.1, 0.15) is 56.2 Å². The quantitative estimate of drug-likeness (QED) is 0.791. The second kappa shape index (κ2) is 5.65. The zero-order valence-electron chi connectivity index (χ0n) is 10.8. The van der Waals surface area contributed by atoms with Crippen molar-refractivity contribution in [1.29, 1.82) is 0 Å². The Balaban J connectivity index is 2.02. The summed E-state index contributed by atoms with van der Waals surface area (Å²) >= 11 is 0. The van der Waals surface area contributed by atoms with Gasteiger partial charge < -0.3 is 10.4 Å². The first-order valence-corrected chi connectivity index (χ1v) is 6.71. The molecule has 94 valence electrons. The highest BCUT2D eigenvalue weighted by Gasteiger charge is 2.23. The summed E-state index contributed by atoms with van der Waals surface area (Å²) in [4.78, 5) is 0. The first-order chi connectivity index (χ1) is 8.24. The normalized spacial score (nSPS) is 19.0. The minimum atomic E-state index is 0.0678. The highest BCUT2D eigenvalue weighted by Crippen LogP contribution is 2.40. The highest BCUT2D eigenvalue weighted by atomic mass is 16.3. The average Bonchev–Trinajstić information content (AvgIpc) is 3.20. The van der Waals surface area contributed by atoms with Crippen LogP contribution in [0, 0.1) is 0 Å². The Morgan fingerprint density at radius 1 is 1.29 bits per heavy atom. The maximum absolute atomic E-state index is 9.45. The van der Waals surface area contributed by atoms with Crippen molar-refractivity contribution in [2.24, 2.45) is 0 Å². The first-order valence-electron chi connectivity index (χ1n) is 6.71. The number of benzene rings is 1. The van der Waals surface area contributed by atoms with Gasteiger partial charge in [-0.15, -0.1) is 0 Å². The summed E-state index contributed by atoms with van der Waals surface area (Å²) in [6.45, 7) is 4.47. The lowest BCUT2D eigenvalue weighted by Gasteiger charge is -2.21. The summed E-state index contributed by atoms with van der Waals surface area (Å²) in [7, 11) is 0. The Labute approximate surface area is 104 Å². The van der Waals surface area contributed by atoms with Crippen LogP contribution < -0.4 is 5.32 Å². The number of nitrogens with one attached hydrogen (secondary N) is 1. The summed E-state index contributed by atoms with van der Waals surface area (Å²) in [6, 6.07) is 9.25. The molecule has 1 aromatic rings. The molecule has 0 amide bonds. The molecule has 1 aliphatic rings. The summed E-state index contributed by atoms with van der Waals surface area (Å²) in [5.41, 5.74) is 2.64. The molecule has 1 saturated carbocycles. The van der Waals surface area contributed by atoms with Gasteiger partial charge in [0, 0.05) is 6.04 Å². The van der Waals surface area contributed by atoms with Crippen LogP contribution in [0.2, 0.25) is 0 Å². The van der Waals surface area contributed by atoms with Gasteiger partial charge in [-0.05, 0) is 43.2 Å². The van der Waals surface area contributed by atoms with Gasteiger partial charge in [0.15, 0.2) is 0 Å². The van der Waals surface area contributed by atoms with Crippen LogP contribution in [0.4, 0.5) is 0 Å². The van der Waals surface area contributed by atoms with E-state index in [1.165, 1.54) is 24.0 Å². The molecule has 0 saturated heterocycles. The minimum Gasteiger partial charge on any atom is -0.394 e. The fourth-order valence-corrected chi connectivity index (χ4v) is 2.13. The predicted octanol–water partition coefficient (Wildman–Crippen LogP) is 2.99. The third-order valence-corrected chi connectivity index (χ3v) is 3.67. The topological polar surface area (TPSA) is 32.3 Å². The van der Waals surface area contributed by atoms with Gasteiger partial charge in [-0.3, -0.25) is 0 Å². The Bertz CT molecular complexity index is 342. The van der Waals surface area contributed by atoms with Crippen LogP contribution in [0.25, 0.3) is 0 Å². The highest BCUT2D eigenvalue weighted by molar-refractivity contribution is 5.29. The number of hydrogen-bond acceptors (Lipinski definition) is 2. The molecule has 1 aromatic carbocycles. The van der Waals surface area contributed by atoms with Crippen molar-refractivity contribution in [1.82, 2.24) is 5.32 Å². The molecule has 2 nitrogen and oxygen atoms in total. The van der Waals surface area contributed by atoms with Gasteiger partial charge in [-0.1, -0.05) is 31.2 Å². The molecule has 0 heterocycles. The second-order valence-corrected chi connectivity index (χ2v) is 5.15. The number of aliphatic hydroxyl groups is 1. The number of hydrogen-bond donors (Lipinski definition) is 2. The van der Waals surface area contributed by atoms with Crippen LogP contribution >= 0.6 is 0 Å². The summed E-state index contributed by atoms with van der Waals surface area (Å²) < 4.78 is 0. The molecule has 0 radical (unpaired) electrons. The largest absolute Gasteiger partial charge is 0.394 e.